The Morgan fingerprint density at radius 3 is 2.46 bits per heavy atom. The molecule has 4 rings (SSSR count). The molecule has 1 fully saturated rings. The molecule has 3 aromatic rings. The minimum atomic E-state index is -1.10. The number of aromatic carboxylic acids is 1. The first-order chi connectivity index (χ1) is 12.6. The number of H-pyrrole nitrogens is 1. The average Bonchev–Trinajstić information content (AvgIpc) is 3.14. The summed E-state index contributed by atoms with van der Waals surface area (Å²) in [4.78, 5) is 42.0. The van der Waals surface area contributed by atoms with E-state index in [-0.39, 0.29) is 24.7 Å². The number of nitrogens with one attached hydrogen (secondary N) is 1. The molecule has 0 bridgehead atoms. The van der Waals surface area contributed by atoms with Crippen LogP contribution in [-0.4, -0.2) is 39.4 Å². The number of nitrogens with zero attached hydrogens (tertiary/aromatic N) is 2. The van der Waals surface area contributed by atoms with Gasteiger partial charge in [0.15, 0.2) is 0 Å². The number of hydrogen-bond acceptors (Lipinski definition) is 3. The highest BCUT2D eigenvalue weighted by Crippen LogP contribution is 2.27. The van der Waals surface area contributed by atoms with Crippen LogP contribution >= 0.6 is 0 Å². The van der Waals surface area contributed by atoms with Crippen molar-refractivity contribution in [2.24, 2.45) is 0 Å². The molecule has 2 aromatic carbocycles. The fourth-order valence-corrected chi connectivity index (χ4v) is 3.24. The number of benzene rings is 2. The van der Waals surface area contributed by atoms with Crippen LogP contribution in [0.15, 0.2) is 54.6 Å². The largest absolute Gasteiger partial charge is 0.477 e. The number of amides is 3. The van der Waals surface area contributed by atoms with Gasteiger partial charge in [-0.15, -0.1) is 0 Å². The number of carboxylic acids is 1. The molecule has 0 unspecified atom stereocenters. The molecule has 0 atom stereocenters. The normalized spacial score (nSPS) is 14.5. The summed E-state index contributed by atoms with van der Waals surface area (Å²) in [7, 11) is 0. The SMILES string of the molecule is O=C(O)c1[nH]c2ccccc2c1CN1CC(=O)N(c2ccccc2)C1=O. The van der Waals surface area contributed by atoms with Gasteiger partial charge >= 0.3 is 12.0 Å². The third-order valence-electron chi connectivity index (χ3n) is 4.43. The van der Waals surface area contributed by atoms with E-state index in [4.69, 9.17) is 0 Å². The number of anilines is 1. The van der Waals surface area contributed by atoms with Crippen molar-refractivity contribution in [3.63, 3.8) is 0 Å². The zero-order valence-corrected chi connectivity index (χ0v) is 13.7. The van der Waals surface area contributed by atoms with E-state index in [9.17, 15) is 19.5 Å². The van der Waals surface area contributed by atoms with Crippen LogP contribution < -0.4 is 4.90 Å². The molecule has 1 aliphatic heterocycles. The first-order valence-electron chi connectivity index (χ1n) is 8.06. The topological polar surface area (TPSA) is 93.7 Å². The van der Waals surface area contributed by atoms with Crippen LogP contribution in [0.4, 0.5) is 10.5 Å². The Hall–Kier alpha value is -3.61. The van der Waals surface area contributed by atoms with E-state index in [1.165, 1.54) is 4.90 Å². The Bertz CT molecular complexity index is 1030. The summed E-state index contributed by atoms with van der Waals surface area (Å²) in [5, 5.41) is 10.2. The lowest BCUT2D eigenvalue weighted by molar-refractivity contribution is -0.116. The summed E-state index contributed by atoms with van der Waals surface area (Å²) in [5.74, 6) is -1.44. The third kappa shape index (κ3) is 2.50. The van der Waals surface area contributed by atoms with E-state index in [1.807, 2.05) is 0 Å². The Morgan fingerprint density at radius 1 is 1.04 bits per heavy atom. The standard InChI is InChI=1S/C19H15N3O4/c23-16-11-21(19(26)22(16)12-6-2-1-3-7-12)10-14-13-8-4-5-9-15(13)20-17(14)18(24)25/h1-9,20H,10-11H2,(H,24,25). The van der Waals surface area contributed by atoms with Gasteiger partial charge in [-0.2, -0.15) is 0 Å². The smallest absolute Gasteiger partial charge is 0.352 e. The summed E-state index contributed by atoms with van der Waals surface area (Å²) in [6.45, 7) is -0.0498. The first-order valence-corrected chi connectivity index (χ1v) is 8.06. The lowest BCUT2D eigenvalue weighted by Crippen LogP contribution is -2.32. The first kappa shape index (κ1) is 15.9. The number of hydrogen-bond donors (Lipinski definition) is 2. The Balaban J connectivity index is 1.69. The van der Waals surface area contributed by atoms with Gasteiger partial charge in [0.2, 0.25) is 0 Å². The summed E-state index contributed by atoms with van der Waals surface area (Å²) in [5.41, 5.74) is 1.70. The Labute approximate surface area is 148 Å². The molecule has 0 aliphatic carbocycles. The number of imide groups is 1. The van der Waals surface area contributed by atoms with Crippen LogP contribution in [0, 0.1) is 0 Å². The second-order valence-corrected chi connectivity index (χ2v) is 6.03. The number of aromatic nitrogens is 1. The van der Waals surface area contributed by atoms with Crippen molar-refractivity contribution in [3.8, 4) is 0 Å². The number of rotatable bonds is 4. The van der Waals surface area contributed by atoms with Gasteiger partial charge in [0.05, 0.1) is 12.2 Å². The average molecular weight is 349 g/mol. The van der Waals surface area contributed by atoms with Gasteiger partial charge < -0.3 is 15.0 Å². The zero-order chi connectivity index (χ0) is 18.3. The molecule has 2 N–H and O–H groups in total. The van der Waals surface area contributed by atoms with E-state index in [0.29, 0.717) is 16.8 Å². The minimum absolute atomic E-state index is 0.0320. The predicted octanol–water partition coefficient (Wildman–Crippen LogP) is 2.83. The van der Waals surface area contributed by atoms with Crippen molar-refractivity contribution >= 4 is 34.5 Å². The highest BCUT2D eigenvalue weighted by atomic mass is 16.4. The summed E-state index contributed by atoms with van der Waals surface area (Å²) >= 11 is 0. The molecule has 7 nitrogen and oxygen atoms in total. The number of carboxylic acid groups (broad SMARTS) is 1. The Kier molecular flexibility index (Phi) is 3.69. The molecule has 3 amide bonds. The molecular weight excluding hydrogens is 334 g/mol. The molecule has 0 saturated carbocycles. The van der Waals surface area contributed by atoms with Crippen LogP contribution in [0.25, 0.3) is 10.9 Å². The molecular formula is C19H15N3O4. The van der Waals surface area contributed by atoms with Crippen molar-refractivity contribution in [2.75, 3.05) is 11.4 Å². The molecule has 2 heterocycles. The van der Waals surface area contributed by atoms with E-state index in [1.54, 1.807) is 54.6 Å². The Morgan fingerprint density at radius 2 is 1.73 bits per heavy atom. The second kappa shape index (κ2) is 6.03. The predicted molar refractivity (Wildman–Crippen MR) is 95.0 cm³/mol. The summed E-state index contributed by atoms with van der Waals surface area (Å²) in [6, 6.07) is 15.4. The van der Waals surface area contributed by atoms with Crippen LogP contribution in [-0.2, 0) is 11.3 Å². The van der Waals surface area contributed by atoms with E-state index in [2.05, 4.69) is 4.98 Å². The fraction of sp³-hybridized carbons (Fsp3) is 0.105. The number of aromatic amines is 1. The van der Waals surface area contributed by atoms with E-state index < -0.39 is 12.0 Å². The van der Waals surface area contributed by atoms with Gasteiger partial charge in [0, 0.05) is 16.5 Å². The maximum Gasteiger partial charge on any atom is 0.352 e. The third-order valence-corrected chi connectivity index (χ3v) is 4.43. The van der Waals surface area contributed by atoms with Crippen LogP contribution in [0.3, 0.4) is 0 Å². The van der Waals surface area contributed by atoms with E-state index in [0.717, 1.165) is 10.3 Å². The lowest BCUT2D eigenvalue weighted by Gasteiger charge is -2.17. The van der Waals surface area contributed by atoms with Gasteiger partial charge in [-0.05, 0) is 18.2 Å². The van der Waals surface area contributed by atoms with Gasteiger partial charge in [-0.1, -0.05) is 36.4 Å². The maximum absolute atomic E-state index is 12.7. The zero-order valence-electron chi connectivity index (χ0n) is 13.7. The summed E-state index contributed by atoms with van der Waals surface area (Å²) in [6.07, 6.45) is 0. The van der Waals surface area contributed by atoms with Crippen LogP contribution in [0.1, 0.15) is 16.1 Å². The van der Waals surface area contributed by atoms with Gasteiger partial charge in [0.25, 0.3) is 5.91 Å². The van der Waals surface area contributed by atoms with Gasteiger partial charge in [-0.3, -0.25) is 4.79 Å². The molecule has 130 valence electrons. The second-order valence-electron chi connectivity index (χ2n) is 6.03. The molecule has 1 aromatic heterocycles. The van der Waals surface area contributed by atoms with Crippen molar-refractivity contribution < 1.29 is 19.5 Å². The molecule has 0 radical (unpaired) electrons. The number of fused-ring (bicyclic) bond motifs is 1. The highest BCUT2D eigenvalue weighted by Gasteiger charge is 2.37. The quantitative estimate of drug-likeness (QED) is 0.708. The molecule has 1 saturated heterocycles. The highest BCUT2D eigenvalue weighted by molar-refractivity contribution is 6.19. The minimum Gasteiger partial charge on any atom is -0.477 e. The van der Waals surface area contributed by atoms with Crippen LogP contribution in [0.5, 0.6) is 0 Å². The van der Waals surface area contributed by atoms with Crippen molar-refractivity contribution in [1.29, 1.82) is 0 Å². The molecule has 1 aliphatic rings. The molecule has 0 spiro atoms. The number of urea groups is 1. The lowest BCUT2D eigenvalue weighted by atomic mass is 10.1. The van der Waals surface area contributed by atoms with Crippen molar-refractivity contribution in [3.05, 3.63) is 65.9 Å². The van der Waals surface area contributed by atoms with Crippen molar-refractivity contribution in [2.45, 2.75) is 6.54 Å². The van der Waals surface area contributed by atoms with Gasteiger partial charge in [-0.25, -0.2) is 14.5 Å². The number of para-hydroxylation sites is 2. The fourth-order valence-electron chi connectivity index (χ4n) is 3.24. The van der Waals surface area contributed by atoms with E-state index >= 15 is 0 Å². The number of carbonyl (C=O) groups excluding carboxylic acids is 2. The number of carbonyl (C=O) groups is 3. The van der Waals surface area contributed by atoms with Crippen molar-refractivity contribution in [1.82, 2.24) is 9.88 Å². The summed E-state index contributed by atoms with van der Waals surface area (Å²) < 4.78 is 0. The van der Waals surface area contributed by atoms with Crippen LogP contribution in [0.2, 0.25) is 0 Å². The van der Waals surface area contributed by atoms with Gasteiger partial charge in [0.1, 0.15) is 12.2 Å². The maximum atomic E-state index is 12.7. The molecule has 26 heavy (non-hydrogen) atoms. The monoisotopic (exact) mass is 349 g/mol. The molecule has 7 heteroatoms.